The van der Waals surface area contributed by atoms with E-state index >= 15 is 0 Å². The van der Waals surface area contributed by atoms with Crippen molar-refractivity contribution >= 4 is 37.6 Å². The molecule has 2 rings (SSSR count). The van der Waals surface area contributed by atoms with E-state index in [1.165, 1.54) is 24.9 Å². The normalized spacial score (nSPS) is 10.6. The van der Waals surface area contributed by atoms with E-state index in [1.807, 2.05) is 0 Å². The Hall–Kier alpha value is -1.47. The molecule has 7 heteroatoms. The van der Waals surface area contributed by atoms with Gasteiger partial charge in [-0.15, -0.1) is 0 Å². The van der Waals surface area contributed by atoms with Crippen LogP contribution in [-0.2, 0) is 14.1 Å². The molecule has 0 aliphatic rings. The molecule has 0 radical (unpaired) electrons. The van der Waals surface area contributed by atoms with Crippen molar-refractivity contribution in [3.8, 4) is 0 Å². The lowest BCUT2D eigenvalue weighted by atomic mass is 10.1. The fourth-order valence-electron chi connectivity index (χ4n) is 1.78. The van der Waals surface area contributed by atoms with Gasteiger partial charge < -0.3 is 4.57 Å². The molecule has 0 unspecified atom stereocenters. The predicted octanol–water partition coefficient (Wildman–Crippen LogP) is 1.84. The summed E-state index contributed by atoms with van der Waals surface area (Å²) in [4.78, 5) is 36.1. The Labute approximate surface area is 131 Å². The molecule has 1 heterocycles. The Bertz CT molecular complexity index is 821. The zero-order valence-corrected chi connectivity index (χ0v) is 13.9. The number of halogens is 2. The lowest BCUT2D eigenvalue weighted by Gasteiger charge is -2.07. The summed E-state index contributed by atoms with van der Waals surface area (Å²) in [6.45, 7) is 0. The first-order chi connectivity index (χ1) is 9.32. The lowest BCUT2D eigenvalue weighted by Crippen LogP contribution is -2.39. The van der Waals surface area contributed by atoms with Gasteiger partial charge in [0.05, 0.1) is 0 Å². The summed E-state index contributed by atoms with van der Waals surface area (Å²) in [6.07, 6.45) is 1.27. The molecule has 0 aliphatic carbocycles. The molecule has 0 saturated heterocycles. The Balaban J connectivity index is 2.66. The topological polar surface area (TPSA) is 61.1 Å². The quantitative estimate of drug-likeness (QED) is 0.721. The highest BCUT2D eigenvalue weighted by Crippen LogP contribution is 2.23. The lowest BCUT2D eigenvalue weighted by molar-refractivity contribution is 0.103. The van der Waals surface area contributed by atoms with Crippen LogP contribution in [-0.4, -0.2) is 14.9 Å². The third-order valence-corrected chi connectivity index (χ3v) is 4.02. The molecule has 2 aromatic rings. The summed E-state index contributed by atoms with van der Waals surface area (Å²) < 4.78 is 3.52. The van der Waals surface area contributed by atoms with Crippen molar-refractivity contribution in [2.75, 3.05) is 0 Å². The number of benzene rings is 1. The second-order valence-electron chi connectivity index (χ2n) is 4.25. The van der Waals surface area contributed by atoms with E-state index in [-0.39, 0.29) is 5.56 Å². The third-order valence-electron chi connectivity index (χ3n) is 2.87. The number of nitrogens with zero attached hydrogens (tertiary/aromatic N) is 2. The van der Waals surface area contributed by atoms with E-state index in [0.29, 0.717) is 10.0 Å². The van der Waals surface area contributed by atoms with Crippen molar-refractivity contribution in [2.45, 2.75) is 0 Å². The molecule has 0 atom stereocenters. The summed E-state index contributed by atoms with van der Waals surface area (Å²) >= 11 is 6.59. The predicted molar refractivity (Wildman–Crippen MR) is 82.2 cm³/mol. The summed E-state index contributed by atoms with van der Waals surface area (Å²) in [7, 11) is 2.84. The summed E-state index contributed by atoms with van der Waals surface area (Å²) in [5.74, 6) is -0.430. The number of carbonyl (C=O) groups excluding carboxylic acids is 1. The van der Waals surface area contributed by atoms with Crippen molar-refractivity contribution < 1.29 is 4.79 Å². The molecule has 20 heavy (non-hydrogen) atoms. The number of rotatable bonds is 2. The van der Waals surface area contributed by atoms with Crippen LogP contribution in [0, 0.1) is 0 Å². The first kappa shape index (κ1) is 14.9. The molecule has 0 amide bonds. The minimum Gasteiger partial charge on any atom is -0.303 e. The van der Waals surface area contributed by atoms with Crippen LogP contribution in [0.1, 0.15) is 15.9 Å². The SMILES string of the molecule is Cn1cc(C(=O)c2ccc(Br)cc2Br)c(=O)n(C)c1=O. The van der Waals surface area contributed by atoms with Crippen LogP contribution in [0.5, 0.6) is 0 Å². The average molecular weight is 402 g/mol. The molecule has 0 fully saturated rings. The minimum atomic E-state index is -0.604. The average Bonchev–Trinajstić information content (AvgIpc) is 2.40. The van der Waals surface area contributed by atoms with Crippen LogP contribution >= 0.6 is 31.9 Å². The van der Waals surface area contributed by atoms with Gasteiger partial charge in [0.2, 0.25) is 5.78 Å². The highest BCUT2D eigenvalue weighted by molar-refractivity contribution is 9.11. The highest BCUT2D eigenvalue weighted by Gasteiger charge is 2.18. The van der Waals surface area contributed by atoms with Crippen LogP contribution in [0.25, 0.3) is 0 Å². The molecule has 0 spiro atoms. The molecule has 1 aromatic heterocycles. The Morgan fingerprint density at radius 2 is 1.75 bits per heavy atom. The van der Waals surface area contributed by atoms with Gasteiger partial charge in [0.15, 0.2) is 0 Å². The molecular weight excluding hydrogens is 392 g/mol. The van der Waals surface area contributed by atoms with Gasteiger partial charge in [-0.05, 0) is 34.1 Å². The number of hydrogen-bond acceptors (Lipinski definition) is 3. The largest absolute Gasteiger partial charge is 0.330 e. The maximum absolute atomic E-state index is 12.4. The standard InChI is InChI=1S/C13H10Br2N2O3/c1-16-6-9(12(19)17(2)13(16)20)11(18)8-4-3-7(14)5-10(8)15/h3-6H,1-2H3. The van der Waals surface area contributed by atoms with Gasteiger partial charge in [-0.3, -0.25) is 14.2 Å². The van der Waals surface area contributed by atoms with Gasteiger partial charge in [0.1, 0.15) is 5.56 Å². The number of carbonyl (C=O) groups is 1. The van der Waals surface area contributed by atoms with Crippen molar-refractivity contribution in [1.82, 2.24) is 9.13 Å². The summed E-state index contributed by atoms with van der Waals surface area (Å²) in [5, 5.41) is 0. The molecule has 1 aromatic carbocycles. The number of aromatic nitrogens is 2. The van der Waals surface area contributed by atoms with Gasteiger partial charge in [-0.2, -0.15) is 0 Å². The summed E-state index contributed by atoms with van der Waals surface area (Å²) in [5.41, 5.74) is -0.754. The van der Waals surface area contributed by atoms with Crippen molar-refractivity contribution in [2.24, 2.45) is 14.1 Å². The Kier molecular flexibility index (Phi) is 4.10. The highest BCUT2D eigenvalue weighted by atomic mass is 79.9. The minimum absolute atomic E-state index is 0.0439. The van der Waals surface area contributed by atoms with Gasteiger partial charge in [0.25, 0.3) is 5.56 Å². The van der Waals surface area contributed by atoms with Crippen molar-refractivity contribution in [3.63, 3.8) is 0 Å². The van der Waals surface area contributed by atoms with Crippen LogP contribution in [0.2, 0.25) is 0 Å². The number of ketones is 1. The zero-order valence-electron chi connectivity index (χ0n) is 10.7. The fourth-order valence-corrected chi connectivity index (χ4v) is 3.01. The van der Waals surface area contributed by atoms with Crippen LogP contribution in [0.15, 0.2) is 42.9 Å². The number of hydrogen-bond donors (Lipinski definition) is 0. The molecule has 5 nitrogen and oxygen atoms in total. The van der Waals surface area contributed by atoms with E-state index in [9.17, 15) is 14.4 Å². The van der Waals surface area contributed by atoms with E-state index in [0.717, 1.165) is 9.04 Å². The monoisotopic (exact) mass is 400 g/mol. The van der Waals surface area contributed by atoms with Gasteiger partial charge in [-0.25, -0.2) is 4.79 Å². The third kappa shape index (κ3) is 2.55. The van der Waals surface area contributed by atoms with Crippen LogP contribution < -0.4 is 11.2 Å². The molecule has 0 saturated carbocycles. The van der Waals surface area contributed by atoms with Crippen LogP contribution in [0.4, 0.5) is 0 Å². The molecule has 104 valence electrons. The second-order valence-corrected chi connectivity index (χ2v) is 6.02. The van der Waals surface area contributed by atoms with Gasteiger partial charge in [0, 0.05) is 34.8 Å². The second kappa shape index (κ2) is 5.49. The molecular formula is C13H10Br2N2O3. The van der Waals surface area contributed by atoms with Crippen LogP contribution in [0.3, 0.4) is 0 Å². The maximum Gasteiger partial charge on any atom is 0.330 e. The first-order valence-electron chi connectivity index (χ1n) is 5.59. The molecule has 0 N–H and O–H groups in total. The zero-order chi connectivity index (χ0) is 15.0. The molecule has 0 aliphatic heterocycles. The van der Waals surface area contributed by atoms with E-state index in [4.69, 9.17) is 0 Å². The Morgan fingerprint density at radius 1 is 1.10 bits per heavy atom. The first-order valence-corrected chi connectivity index (χ1v) is 7.18. The van der Waals surface area contributed by atoms with Gasteiger partial charge in [-0.1, -0.05) is 15.9 Å². The Morgan fingerprint density at radius 3 is 2.35 bits per heavy atom. The smallest absolute Gasteiger partial charge is 0.303 e. The number of aryl methyl sites for hydroxylation is 1. The fraction of sp³-hybridized carbons (Fsp3) is 0.154. The molecule has 0 bridgehead atoms. The van der Waals surface area contributed by atoms with E-state index < -0.39 is 17.0 Å². The van der Waals surface area contributed by atoms with E-state index in [1.54, 1.807) is 18.2 Å². The van der Waals surface area contributed by atoms with Crippen molar-refractivity contribution in [1.29, 1.82) is 0 Å². The van der Waals surface area contributed by atoms with E-state index in [2.05, 4.69) is 31.9 Å². The van der Waals surface area contributed by atoms with Crippen molar-refractivity contribution in [3.05, 3.63) is 65.3 Å². The maximum atomic E-state index is 12.4. The summed E-state index contributed by atoms with van der Waals surface area (Å²) in [6, 6.07) is 5.05. The van der Waals surface area contributed by atoms with Gasteiger partial charge >= 0.3 is 5.69 Å².